The molecule has 1 aliphatic carbocycles. The van der Waals surface area contributed by atoms with Gasteiger partial charge in [0.2, 0.25) is 0 Å². The molecule has 126 valence electrons. The minimum Gasteiger partial charge on any atom is -0.469 e. The summed E-state index contributed by atoms with van der Waals surface area (Å²) in [6.45, 7) is 1.93. The third kappa shape index (κ3) is 5.70. The standard InChI is InChI=1S/C14H24N2O6/c1-14(5-3-4-6-14)21-8-10(16)13(19)22-12(18)9(15)7-11(17)20-2/h9-10H,3-8,15-16H2,1-2H3/t9-,10-/m0/s1. The van der Waals surface area contributed by atoms with E-state index >= 15 is 0 Å². The molecule has 0 amide bonds. The van der Waals surface area contributed by atoms with Crippen LogP contribution in [0.2, 0.25) is 0 Å². The predicted octanol–water partition coefficient (Wildman–Crippen LogP) is -0.377. The summed E-state index contributed by atoms with van der Waals surface area (Å²) in [6, 6.07) is -2.34. The SMILES string of the molecule is COC(=O)C[C@H](N)C(=O)OC(=O)[C@@H](N)COC1(C)CCCC1. The quantitative estimate of drug-likeness (QED) is 0.480. The molecule has 0 unspecified atom stereocenters. The molecule has 8 heteroatoms. The largest absolute Gasteiger partial charge is 0.469 e. The Morgan fingerprint density at radius 2 is 1.64 bits per heavy atom. The molecule has 1 fully saturated rings. The van der Waals surface area contributed by atoms with Crippen molar-refractivity contribution in [2.75, 3.05) is 13.7 Å². The lowest BCUT2D eigenvalue weighted by molar-refractivity contribution is -0.164. The zero-order chi connectivity index (χ0) is 16.8. The first-order valence-electron chi connectivity index (χ1n) is 7.25. The van der Waals surface area contributed by atoms with E-state index in [1.54, 1.807) is 0 Å². The monoisotopic (exact) mass is 316 g/mol. The predicted molar refractivity (Wildman–Crippen MR) is 76.5 cm³/mol. The van der Waals surface area contributed by atoms with Crippen LogP contribution in [0, 0.1) is 0 Å². The smallest absolute Gasteiger partial charge is 0.333 e. The van der Waals surface area contributed by atoms with Gasteiger partial charge in [-0.05, 0) is 19.8 Å². The summed E-state index contributed by atoms with van der Waals surface area (Å²) in [7, 11) is 1.17. The lowest BCUT2D eigenvalue weighted by Crippen LogP contribution is -2.44. The van der Waals surface area contributed by atoms with E-state index in [9.17, 15) is 14.4 Å². The first-order chi connectivity index (χ1) is 10.3. The van der Waals surface area contributed by atoms with Crippen molar-refractivity contribution in [3.8, 4) is 0 Å². The van der Waals surface area contributed by atoms with Crippen molar-refractivity contribution in [1.29, 1.82) is 0 Å². The highest BCUT2D eigenvalue weighted by Gasteiger charge is 2.32. The number of rotatable bonds is 7. The molecular weight excluding hydrogens is 292 g/mol. The van der Waals surface area contributed by atoms with Crippen LogP contribution in [0.3, 0.4) is 0 Å². The van der Waals surface area contributed by atoms with Crippen LogP contribution in [-0.2, 0) is 28.6 Å². The van der Waals surface area contributed by atoms with Gasteiger partial charge in [-0.1, -0.05) is 12.8 Å². The molecule has 0 aromatic rings. The maximum atomic E-state index is 11.7. The molecule has 2 atom stereocenters. The highest BCUT2D eigenvalue weighted by atomic mass is 16.6. The fourth-order valence-corrected chi connectivity index (χ4v) is 2.22. The van der Waals surface area contributed by atoms with Crippen LogP contribution in [0.4, 0.5) is 0 Å². The summed E-state index contributed by atoms with van der Waals surface area (Å²) >= 11 is 0. The molecule has 0 radical (unpaired) electrons. The molecule has 4 N–H and O–H groups in total. The number of ether oxygens (including phenoxy) is 3. The third-order valence-corrected chi connectivity index (χ3v) is 3.69. The summed E-state index contributed by atoms with van der Waals surface area (Å²) in [5.41, 5.74) is 10.8. The van der Waals surface area contributed by atoms with Crippen LogP contribution < -0.4 is 11.5 Å². The Kier molecular flexibility index (Phi) is 6.92. The molecule has 0 heterocycles. The maximum Gasteiger partial charge on any atom is 0.333 e. The van der Waals surface area contributed by atoms with Gasteiger partial charge in [0.1, 0.15) is 12.1 Å². The van der Waals surface area contributed by atoms with Crippen molar-refractivity contribution >= 4 is 17.9 Å². The second-order valence-electron chi connectivity index (χ2n) is 5.70. The fraction of sp³-hybridized carbons (Fsp3) is 0.786. The summed E-state index contributed by atoms with van der Waals surface area (Å²) in [4.78, 5) is 34.3. The topological polar surface area (TPSA) is 131 Å². The number of hydrogen-bond donors (Lipinski definition) is 2. The molecule has 0 aliphatic heterocycles. The zero-order valence-corrected chi connectivity index (χ0v) is 13.0. The number of methoxy groups -OCH3 is 1. The van der Waals surface area contributed by atoms with E-state index in [-0.39, 0.29) is 18.6 Å². The Bertz CT molecular complexity index is 420. The average Bonchev–Trinajstić information content (AvgIpc) is 2.91. The Morgan fingerprint density at radius 1 is 1.09 bits per heavy atom. The number of esters is 3. The molecule has 0 bridgehead atoms. The van der Waals surface area contributed by atoms with Crippen molar-refractivity contribution in [3.63, 3.8) is 0 Å². The Hall–Kier alpha value is -1.51. The molecule has 0 spiro atoms. The second kappa shape index (κ2) is 8.21. The van der Waals surface area contributed by atoms with E-state index in [2.05, 4.69) is 9.47 Å². The Labute approximate surface area is 129 Å². The summed E-state index contributed by atoms with van der Waals surface area (Å²) in [6.07, 6.45) is 3.62. The molecule has 1 saturated carbocycles. The van der Waals surface area contributed by atoms with Gasteiger partial charge in [0.15, 0.2) is 0 Å². The second-order valence-corrected chi connectivity index (χ2v) is 5.70. The molecule has 22 heavy (non-hydrogen) atoms. The van der Waals surface area contributed by atoms with E-state index in [0.29, 0.717) is 0 Å². The number of carbonyl (C=O) groups is 3. The van der Waals surface area contributed by atoms with Crippen molar-refractivity contribution in [1.82, 2.24) is 0 Å². The van der Waals surface area contributed by atoms with Gasteiger partial charge in [0.05, 0.1) is 25.7 Å². The number of carbonyl (C=O) groups excluding carboxylic acids is 3. The van der Waals surface area contributed by atoms with E-state index in [0.717, 1.165) is 25.7 Å². The summed E-state index contributed by atoms with van der Waals surface area (Å²) in [5.74, 6) is -2.61. The molecule has 0 aromatic carbocycles. The van der Waals surface area contributed by atoms with E-state index in [1.165, 1.54) is 7.11 Å². The van der Waals surface area contributed by atoms with Crippen LogP contribution in [0.5, 0.6) is 0 Å². The maximum absolute atomic E-state index is 11.7. The Morgan fingerprint density at radius 3 is 2.18 bits per heavy atom. The van der Waals surface area contributed by atoms with Gasteiger partial charge in [-0.25, -0.2) is 9.59 Å². The van der Waals surface area contributed by atoms with E-state index < -0.39 is 30.0 Å². The molecule has 1 rings (SSSR count). The van der Waals surface area contributed by atoms with Crippen molar-refractivity contribution in [3.05, 3.63) is 0 Å². The lowest BCUT2D eigenvalue weighted by atomic mass is 10.1. The van der Waals surface area contributed by atoms with Crippen LogP contribution in [0.15, 0.2) is 0 Å². The van der Waals surface area contributed by atoms with Crippen molar-refractivity contribution in [2.24, 2.45) is 11.5 Å². The third-order valence-electron chi connectivity index (χ3n) is 3.69. The molecule has 8 nitrogen and oxygen atoms in total. The van der Waals surface area contributed by atoms with E-state index in [4.69, 9.17) is 16.2 Å². The normalized spacial score (nSPS) is 19.3. The Balaban J connectivity index is 2.36. The van der Waals surface area contributed by atoms with Crippen molar-refractivity contribution < 1.29 is 28.6 Å². The van der Waals surface area contributed by atoms with Gasteiger partial charge in [-0.2, -0.15) is 0 Å². The zero-order valence-electron chi connectivity index (χ0n) is 13.0. The number of hydrogen-bond acceptors (Lipinski definition) is 8. The van der Waals surface area contributed by atoms with Crippen LogP contribution in [-0.4, -0.2) is 49.3 Å². The van der Waals surface area contributed by atoms with Crippen LogP contribution in [0.1, 0.15) is 39.0 Å². The summed E-state index contributed by atoms with van der Waals surface area (Å²) < 4.78 is 14.6. The van der Waals surface area contributed by atoms with Gasteiger partial charge in [0, 0.05) is 0 Å². The van der Waals surface area contributed by atoms with Gasteiger partial charge in [0.25, 0.3) is 0 Å². The van der Waals surface area contributed by atoms with Gasteiger partial charge in [-0.3, -0.25) is 4.79 Å². The van der Waals surface area contributed by atoms with Gasteiger partial charge in [-0.15, -0.1) is 0 Å². The van der Waals surface area contributed by atoms with Gasteiger partial charge >= 0.3 is 17.9 Å². The van der Waals surface area contributed by atoms with Gasteiger partial charge < -0.3 is 25.7 Å². The highest BCUT2D eigenvalue weighted by molar-refractivity contribution is 5.92. The van der Waals surface area contributed by atoms with Crippen LogP contribution in [0.25, 0.3) is 0 Å². The fourth-order valence-electron chi connectivity index (χ4n) is 2.22. The van der Waals surface area contributed by atoms with Crippen molar-refractivity contribution in [2.45, 2.75) is 56.7 Å². The van der Waals surface area contributed by atoms with Crippen LogP contribution >= 0.6 is 0 Å². The average molecular weight is 316 g/mol. The lowest BCUT2D eigenvalue weighted by Gasteiger charge is -2.25. The molecule has 0 saturated heterocycles. The minimum atomic E-state index is -1.27. The number of nitrogens with two attached hydrogens (primary N) is 2. The highest BCUT2D eigenvalue weighted by Crippen LogP contribution is 2.32. The molecule has 1 aliphatic rings. The van der Waals surface area contributed by atoms with E-state index in [1.807, 2.05) is 6.92 Å². The minimum absolute atomic E-state index is 0.0329. The first-order valence-corrected chi connectivity index (χ1v) is 7.25. The summed E-state index contributed by atoms with van der Waals surface area (Å²) in [5, 5.41) is 0. The molecule has 0 aromatic heterocycles. The molecular formula is C14H24N2O6. The first kappa shape index (κ1) is 18.5.